The Morgan fingerprint density at radius 2 is 2.00 bits per heavy atom. The smallest absolute Gasteiger partial charge is 0.333 e. The minimum absolute atomic E-state index is 0.0713. The number of nitrogens with one attached hydrogen (secondary N) is 1. The van der Waals surface area contributed by atoms with Crippen molar-refractivity contribution in [1.82, 2.24) is 15.4 Å². The molecule has 2 N–H and O–H groups in total. The lowest BCUT2D eigenvalue weighted by molar-refractivity contribution is -0.197. The first-order chi connectivity index (χ1) is 15.2. The van der Waals surface area contributed by atoms with E-state index < -0.39 is 39.6 Å². The van der Waals surface area contributed by atoms with Crippen LogP contribution in [0.4, 0.5) is 0 Å². The van der Waals surface area contributed by atoms with Gasteiger partial charge in [-0.25, -0.2) is 9.78 Å². The molecule has 14 heteroatoms. The van der Waals surface area contributed by atoms with Gasteiger partial charge in [-0.15, -0.1) is 5.06 Å². The highest BCUT2D eigenvalue weighted by atomic mass is 33.1. The number of pyridine rings is 1. The second-order valence-electron chi connectivity index (χ2n) is 6.68. The standard InChI is InChI=1S/C18H23N3O8S3/c22-14(8-11-30-31-15-6-3-5-10-20-15)19-9-4-1-2-7-17(24)29-21-16(23)12-13(18(21)25)32(26,27)28/h3,5-6,10,13H,1-2,4,7-9,11-12H2,(H,19,22)(H,26,27,28)/t13-/m1/s1. The van der Waals surface area contributed by atoms with Gasteiger partial charge >= 0.3 is 5.97 Å². The van der Waals surface area contributed by atoms with Gasteiger partial charge in [0.25, 0.3) is 21.9 Å². The van der Waals surface area contributed by atoms with E-state index in [0.717, 1.165) is 5.03 Å². The summed E-state index contributed by atoms with van der Waals surface area (Å²) in [6, 6.07) is 5.62. The molecule has 11 nitrogen and oxygen atoms in total. The van der Waals surface area contributed by atoms with Gasteiger partial charge in [-0.1, -0.05) is 23.3 Å². The lowest BCUT2D eigenvalue weighted by Gasteiger charge is -2.13. The second-order valence-corrected chi connectivity index (χ2v) is 10.7. The number of hydrogen-bond acceptors (Lipinski definition) is 10. The van der Waals surface area contributed by atoms with Crippen molar-refractivity contribution in [2.24, 2.45) is 0 Å². The zero-order chi connectivity index (χ0) is 23.6. The fraction of sp³-hybridized carbons (Fsp3) is 0.500. The summed E-state index contributed by atoms with van der Waals surface area (Å²) >= 11 is 0. The SMILES string of the molecule is O=C(CCSSc1ccccn1)NCCCCCC(=O)ON1C(=O)C[C@@H](S(=O)(=O)O)C1=O. The topological polar surface area (TPSA) is 160 Å². The maximum Gasteiger partial charge on any atom is 0.333 e. The predicted octanol–water partition coefficient (Wildman–Crippen LogP) is 1.36. The van der Waals surface area contributed by atoms with Gasteiger partial charge in [0, 0.05) is 31.3 Å². The van der Waals surface area contributed by atoms with Gasteiger partial charge in [-0.3, -0.25) is 18.9 Å². The predicted molar refractivity (Wildman–Crippen MR) is 117 cm³/mol. The number of unbranched alkanes of at least 4 members (excludes halogenated alkanes) is 2. The van der Waals surface area contributed by atoms with Crippen molar-refractivity contribution in [2.45, 2.75) is 48.8 Å². The van der Waals surface area contributed by atoms with Crippen LogP contribution in [0.2, 0.25) is 0 Å². The summed E-state index contributed by atoms with van der Waals surface area (Å²) in [7, 11) is -1.70. The number of rotatable bonds is 13. The van der Waals surface area contributed by atoms with Crippen LogP contribution < -0.4 is 5.32 Å². The lowest BCUT2D eigenvalue weighted by Crippen LogP contribution is -2.36. The van der Waals surface area contributed by atoms with E-state index in [1.54, 1.807) is 17.0 Å². The normalized spacial score (nSPS) is 16.3. The molecule has 1 saturated heterocycles. The van der Waals surface area contributed by atoms with Crippen molar-refractivity contribution in [3.63, 3.8) is 0 Å². The van der Waals surface area contributed by atoms with Crippen molar-refractivity contribution >= 4 is 55.4 Å². The molecule has 0 aliphatic carbocycles. The number of hydrogen-bond donors (Lipinski definition) is 2. The largest absolute Gasteiger partial charge is 0.356 e. The van der Waals surface area contributed by atoms with Crippen LogP contribution in [0.25, 0.3) is 0 Å². The minimum atomic E-state index is -4.75. The number of carbonyl (C=O) groups excluding carboxylic acids is 4. The number of hydroxylamine groups is 2. The first kappa shape index (κ1) is 26.1. The molecule has 0 unspecified atom stereocenters. The van der Waals surface area contributed by atoms with Gasteiger partial charge in [0.1, 0.15) is 5.03 Å². The van der Waals surface area contributed by atoms with E-state index in [4.69, 9.17) is 4.55 Å². The van der Waals surface area contributed by atoms with E-state index in [2.05, 4.69) is 15.1 Å². The molecule has 2 rings (SSSR count). The average Bonchev–Trinajstić information content (AvgIpc) is 3.03. The molecule has 2 heterocycles. The van der Waals surface area contributed by atoms with Gasteiger partial charge in [-0.05, 0) is 35.8 Å². The number of aromatic nitrogens is 1. The zero-order valence-electron chi connectivity index (χ0n) is 17.0. The highest BCUT2D eigenvalue weighted by Gasteiger charge is 2.48. The minimum Gasteiger partial charge on any atom is -0.356 e. The summed E-state index contributed by atoms with van der Waals surface area (Å²) in [5.41, 5.74) is 0. The third-order valence-corrected chi connectivity index (χ3v) is 7.54. The Morgan fingerprint density at radius 3 is 2.66 bits per heavy atom. The third kappa shape index (κ3) is 8.76. The van der Waals surface area contributed by atoms with Crippen LogP contribution >= 0.6 is 21.6 Å². The van der Waals surface area contributed by atoms with E-state index >= 15 is 0 Å². The summed E-state index contributed by atoms with van der Waals surface area (Å²) < 4.78 is 31.0. The quantitative estimate of drug-likeness (QED) is 0.172. The van der Waals surface area contributed by atoms with Crippen molar-refractivity contribution in [2.75, 3.05) is 12.3 Å². The number of nitrogens with zero attached hydrogens (tertiary/aromatic N) is 2. The highest BCUT2D eigenvalue weighted by molar-refractivity contribution is 8.76. The maximum atomic E-state index is 11.8. The van der Waals surface area contributed by atoms with Gasteiger partial charge in [0.2, 0.25) is 5.91 Å². The molecule has 176 valence electrons. The molecule has 0 radical (unpaired) electrons. The van der Waals surface area contributed by atoms with E-state index in [1.807, 2.05) is 18.2 Å². The molecule has 0 spiro atoms. The summed E-state index contributed by atoms with van der Waals surface area (Å²) in [6.07, 6.45) is 2.83. The summed E-state index contributed by atoms with van der Waals surface area (Å²) in [5.74, 6) is -2.59. The molecule has 1 aliphatic heterocycles. The maximum absolute atomic E-state index is 11.8. The molecule has 1 fully saturated rings. The molecule has 3 amide bonds. The Balaban J connectivity index is 1.51. The summed E-state index contributed by atoms with van der Waals surface area (Å²) in [6.45, 7) is 0.449. The highest BCUT2D eigenvalue weighted by Crippen LogP contribution is 2.29. The average molecular weight is 506 g/mol. The first-order valence-corrected chi connectivity index (χ1v) is 13.5. The number of amides is 3. The van der Waals surface area contributed by atoms with Gasteiger partial charge in [-0.2, -0.15) is 8.42 Å². The molecular weight excluding hydrogens is 482 g/mol. The summed E-state index contributed by atoms with van der Waals surface area (Å²) in [4.78, 5) is 55.8. The monoisotopic (exact) mass is 505 g/mol. The van der Waals surface area contributed by atoms with Crippen LogP contribution in [0.3, 0.4) is 0 Å². The molecule has 0 bridgehead atoms. The van der Waals surface area contributed by atoms with Crippen LogP contribution in [0.5, 0.6) is 0 Å². The van der Waals surface area contributed by atoms with Crippen LogP contribution in [0.1, 0.15) is 38.5 Å². The molecule has 32 heavy (non-hydrogen) atoms. The number of imide groups is 1. The Morgan fingerprint density at radius 1 is 1.22 bits per heavy atom. The van der Waals surface area contributed by atoms with E-state index in [-0.39, 0.29) is 17.4 Å². The molecule has 1 aromatic rings. The molecule has 1 aromatic heterocycles. The lowest BCUT2D eigenvalue weighted by atomic mass is 10.2. The van der Waals surface area contributed by atoms with E-state index in [9.17, 15) is 27.6 Å². The van der Waals surface area contributed by atoms with Gasteiger partial charge in [0.15, 0.2) is 5.25 Å². The summed E-state index contributed by atoms with van der Waals surface area (Å²) in [5, 5.41) is 1.81. The molecule has 0 saturated carbocycles. The Hall–Kier alpha value is -2.16. The number of carbonyl (C=O) groups is 4. The van der Waals surface area contributed by atoms with Crippen molar-refractivity contribution in [3.8, 4) is 0 Å². The van der Waals surface area contributed by atoms with Gasteiger partial charge < -0.3 is 10.2 Å². The van der Waals surface area contributed by atoms with Gasteiger partial charge in [0.05, 0.1) is 6.42 Å². The van der Waals surface area contributed by atoms with E-state index in [0.29, 0.717) is 38.0 Å². The Kier molecular flexibility index (Phi) is 10.4. The fourth-order valence-corrected chi connectivity index (χ4v) is 5.15. The fourth-order valence-electron chi connectivity index (χ4n) is 2.58. The zero-order valence-corrected chi connectivity index (χ0v) is 19.4. The second kappa shape index (κ2) is 12.8. The van der Waals surface area contributed by atoms with Crippen molar-refractivity contribution in [3.05, 3.63) is 24.4 Å². The molecule has 1 atom stereocenters. The Labute approximate surface area is 193 Å². The van der Waals surface area contributed by atoms with Crippen molar-refractivity contribution in [1.29, 1.82) is 0 Å². The van der Waals surface area contributed by atoms with Crippen LogP contribution in [-0.4, -0.2) is 64.3 Å². The van der Waals surface area contributed by atoms with Crippen LogP contribution in [-0.2, 0) is 34.1 Å². The molecule has 1 aliphatic rings. The first-order valence-electron chi connectivity index (χ1n) is 9.69. The molecular formula is C18H23N3O8S3. The van der Waals surface area contributed by atoms with Crippen LogP contribution in [0, 0.1) is 0 Å². The molecule has 0 aromatic carbocycles. The Bertz CT molecular complexity index is 927. The van der Waals surface area contributed by atoms with E-state index in [1.165, 1.54) is 10.8 Å². The third-order valence-electron chi connectivity index (χ3n) is 4.19. The van der Waals surface area contributed by atoms with Crippen LogP contribution in [0.15, 0.2) is 29.4 Å². The van der Waals surface area contributed by atoms with Crippen molar-refractivity contribution < 1.29 is 37.0 Å².